The minimum atomic E-state index is -0.477. The zero-order valence-electron chi connectivity index (χ0n) is 13.0. The molecule has 0 unspecified atom stereocenters. The predicted octanol–water partition coefficient (Wildman–Crippen LogP) is 3.42. The molecule has 4 N–H and O–H groups in total. The van der Waals surface area contributed by atoms with Gasteiger partial charge in [0.15, 0.2) is 0 Å². The number of esters is 2. The maximum absolute atomic E-state index is 11.0. The van der Waals surface area contributed by atoms with Crippen molar-refractivity contribution < 1.29 is 19.1 Å². The van der Waals surface area contributed by atoms with Gasteiger partial charge in [-0.15, -0.1) is 0 Å². The van der Waals surface area contributed by atoms with Gasteiger partial charge in [0.1, 0.15) is 0 Å². The SMILES string of the molecule is COC(=O)c1cccc(Cl)c1N.COC(=O)c1cccc(Cl)c1N. The van der Waals surface area contributed by atoms with E-state index in [9.17, 15) is 9.59 Å². The molecule has 0 amide bonds. The maximum Gasteiger partial charge on any atom is 0.340 e. The van der Waals surface area contributed by atoms with Crippen LogP contribution in [-0.2, 0) is 9.47 Å². The first-order valence-electron chi connectivity index (χ1n) is 6.58. The fourth-order valence-electron chi connectivity index (χ4n) is 1.65. The van der Waals surface area contributed by atoms with E-state index in [1.807, 2.05) is 0 Å². The van der Waals surface area contributed by atoms with Gasteiger partial charge in [-0.2, -0.15) is 0 Å². The number of carbonyl (C=O) groups excluding carboxylic acids is 2. The van der Waals surface area contributed by atoms with Gasteiger partial charge in [0.25, 0.3) is 0 Å². The summed E-state index contributed by atoms with van der Waals surface area (Å²) in [6.07, 6.45) is 0. The van der Waals surface area contributed by atoms with E-state index in [1.165, 1.54) is 14.2 Å². The molecule has 0 saturated carbocycles. The topological polar surface area (TPSA) is 105 Å². The van der Waals surface area contributed by atoms with E-state index in [-0.39, 0.29) is 11.4 Å². The van der Waals surface area contributed by atoms with Gasteiger partial charge in [-0.1, -0.05) is 35.3 Å². The summed E-state index contributed by atoms with van der Waals surface area (Å²) in [6, 6.07) is 9.64. The molecule has 0 fully saturated rings. The van der Waals surface area contributed by atoms with E-state index in [0.717, 1.165) is 0 Å². The fourth-order valence-corrected chi connectivity index (χ4v) is 2.00. The predicted molar refractivity (Wildman–Crippen MR) is 94.4 cm³/mol. The lowest BCUT2D eigenvalue weighted by Gasteiger charge is -2.03. The Labute approximate surface area is 149 Å². The molecule has 24 heavy (non-hydrogen) atoms. The molecular formula is C16H16Cl2N2O4. The standard InChI is InChI=1S/2C8H8ClNO2/c2*1-12-8(11)5-3-2-4-6(9)7(5)10/h2*2-4H,10H2,1H3. The summed E-state index contributed by atoms with van der Waals surface area (Å²) in [5.74, 6) is -0.954. The molecule has 0 atom stereocenters. The van der Waals surface area contributed by atoms with Crippen LogP contribution >= 0.6 is 23.2 Å². The summed E-state index contributed by atoms with van der Waals surface area (Å²) in [4.78, 5) is 22.1. The average Bonchev–Trinajstić information content (AvgIpc) is 2.59. The van der Waals surface area contributed by atoms with Crippen molar-refractivity contribution in [1.29, 1.82) is 0 Å². The van der Waals surface area contributed by atoms with Gasteiger partial charge >= 0.3 is 11.9 Å². The summed E-state index contributed by atoms with van der Waals surface area (Å²) < 4.78 is 8.99. The van der Waals surface area contributed by atoms with Crippen molar-refractivity contribution in [3.05, 3.63) is 57.6 Å². The van der Waals surface area contributed by atoms with Gasteiger partial charge in [0, 0.05) is 0 Å². The minimum absolute atomic E-state index is 0.256. The highest BCUT2D eigenvalue weighted by Gasteiger charge is 2.11. The molecule has 0 radical (unpaired) electrons. The number of carbonyl (C=O) groups is 2. The number of para-hydroxylation sites is 2. The smallest absolute Gasteiger partial charge is 0.340 e. The molecule has 2 aromatic carbocycles. The summed E-state index contributed by atoms with van der Waals surface area (Å²) in [5, 5.41) is 0.718. The second-order valence-corrected chi connectivity index (χ2v) is 5.20. The molecule has 0 bridgehead atoms. The number of anilines is 2. The van der Waals surface area contributed by atoms with Crippen molar-refractivity contribution in [1.82, 2.24) is 0 Å². The largest absolute Gasteiger partial charge is 0.465 e. The van der Waals surface area contributed by atoms with Crippen LogP contribution in [0.1, 0.15) is 20.7 Å². The van der Waals surface area contributed by atoms with E-state index in [4.69, 9.17) is 34.7 Å². The van der Waals surface area contributed by atoms with E-state index in [2.05, 4.69) is 9.47 Å². The number of methoxy groups -OCH3 is 2. The van der Waals surface area contributed by atoms with Gasteiger partial charge < -0.3 is 20.9 Å². The highest BCUT2D eigenvalue weighted by atomic mass is 35.5. The van der Waals surface area contributed by atoms with E-state index < -0.39 is 11.9 Å². The van der Waals surface area contributed by atoms with Crippen LogP contribution in [0.2, 0.25) is 10.0 Å². The summed E-state index contributed by atoms with van der Waals surface area (Å²) in [6.45, 7) is 0. The summed E-state index contributed by atoms with van der Waals surface area (Å²) >= 11 is 11.4. The monoisotopic (exact) mass is 370 g/mol. The molecule has 2 aromatic rings. The number of nitrogen functional groups attached to an aromatic ring is 2. The normalized spacial score (nSPS) is 9.50. The molecular weight excluding hydrogens is 355 g/mol. The Morgan fingerprint density at radius 3 is 1.42 bits per heavy atom. The van der Waals surface area contributed by atoms with E-state index >= 15 is 0 Å². The third-order valence-electron chi connectivity index (χ3n) is 2.92. The number of rotatable bonds is 2. The first-order valence-corrected chi connectivity index (χ1v) is 7.33. The lowest BCUT2D eigenvalue weighted by Crippen LogP contribution is -2.05. The highest BCUT2D eigenvalue weighted by Crippen LogP contribution is 2.23. The molecule has 0 heterocycles. The van der Waals surface area contributed by atoms with Crippen molar-refractivity contribution in [2.75, 3.05) is 25.7 Å². The maximum atomic E-state index is 11.0. The minimum Gasteiger partial charge on any atom is -0.465 e. The molecule has 0 spiro atoms. The van der Waals surface area contributed by atoms with E-state index in [1.54, 1.807) is 36.4 Å². The molecule has 0 aromatic heterocycles. The van der Waals surface area contributed by atoms with Crippen LogP contribution in [0.3, 0.4) is 0 Å². The van der Waals surface area contributed by atoms with Crippen LogP contribution in [0.15, 0.2) is 36.4 Å². The molecule has 8 heteroatoms. The third kappa shape index (κ3) is 4.78. The Kier molecular flexibility index (Phi) is 7.35. The second kappa shape index (κ2) is 9.00. The fraction of sp³-hybridized carbons (Fsp3) is 0.125. The molecule has 0 aliphatic rings. The van der Waals surface area contributed by atoms with Gasteiger partial charge in [0.2, 0.25) is 0 Å². The quantitative estimate of drug-likeness (QED) is 0.619. The zero-order valence-corrected chi connectivity index (χ0v) is 14.5. The van der Waals surface area contributed by atoms with Crippen molar-refractivity contribution in [3.8, 4) is 0 Å². The lowest BCUT2D eigenvalue weighted by atomic mass is 10.2. The van der Waals surface area contributed by atoms with Crippen LogP contribution < -0.4 is 11.5 Å². The van der Waals surface area contributed by atoms with Crippen molar-refractivity contribution in [3.63, 3.8) is 0 Å². The van der Waals surface area contributed by atoms with Gasteiger partial charge in [-0.05, 0) is 24.3 Å². The summed E-state index contributed by atoms with van der Waals surface area (Å²) in [7, 11) is 2.59. The molecule has 0 saturated heterocycles. The van der Waals surface area contributed by atoms with E-state index in [0.29, 0.717) is 21.2 Å². The van der Waals surface area contributed by atoms with Crippen molar-refractivity contribution in [2.24, 2.45) is 0 Å². The molecule has 2 rings (SSSR count). The number of benzene rings is 2. The lowest BCUT2D eigenvalue weighted by molar-refractivity contribution is 0.0593. The van der Waals surface area contributed by atoms with Crippen LogP contribution in [-0.4, -0.2) is 26.2 Å². The molecule has 0 aliphatic carbocycles. The number of ether oxygens (including phenoxy) is 2. The Morgan fingerprint density at radius 2 is 1.12 bits per heavy atom. The first kappa shape index (κ1) is 19.6. The van der Waals surface area contributed by atoms with Crippen molar-refractivity contribution in [2.45, 2.75) is 0 Å². The number of nitrogens with two attached hydrogens (primary N) is 2. The number of halogens is 2. The zero-order chi connectivity index (χ0) is 18.3. The summed E-state index contributed by atoms with van der Waals surface area (Å²) in [5.41, 5.74) is 12.2. The highest BCUT2D eigenvalue weighted by molar-refractivity contribution is 6.34. The van der Waals surface area contributed by atoms with Gasteiger partial charge in [0.05, 0.1) is 46.8 Å². The van der Waals surface area contributed by atoms with Gasteiger partial charge in [-0.3, -0.25) is 0 Å². The molecule has 0 aliphatic heterocycles. The Morgan fingerprint density at radius 1 is 0.792 bits per heavy atom. The Bertz CT molecular complexity index is 687. The van der Waals surface area contributed by atoms with Crippen LogP contribution in [0.25, 0.3) is 0 Å². The Balaban J connectivity index is 0.000000240. The van der Waals surface area contributed by atoms with Crippen LogP contribution in [0.5, 0.6) is 0 Å². The van der Waals surface area contributed by atoms with Gasteiger partial charge in [-0.25, -0.2) is 9.59 Å². The Hall–Kier alpha value is -2.44. The first-order chi connectivity index (χ1) is 11.3. The molecule has 6 nitrogen and oxygen atoms in total. The van der Waals surface area contributed by atoms with Crippen molar-refractivity contribution >= 4 is 46.5 Å². The molecule has 128 valence electrons. The third-order valence-corrected chi connectivity index (χ3v) is 3.58. The van der Waals surface area contributed by atoms with Crippen LogP contribution in [0.4, 0.5) is 11.4 Å². The average molecular weight is 371 g/mol. The number of hydrogen-bond donors (Lipinski definition) is 2. The second-order valence-electron chi connectivity index (χ2n) is 4.39. The van der Waals surface area contributed by atoms with Crippen LogP contribution in [0, 0.1) is 0 Å². The number of hydrogen-bond acceptors (Lipinski definition) is 6.